The average Bonchev–Trinajstić information content (AvgIpc) is 2.72. The first-order valence-corrected chi connectivity index (χ1v) is 7.14. The highest BCUT2D eigenvalue weighted by molar-refractivity contribution is 7.99. The number of thioether (sulfide) groups is 1. The maximum Gasteiger partial charge on any atom is 0.121 e. The minimum atomic E-state index is 0.611. The summed E-state index contributed by atoms with van der Waals surface area (Å²) in [7, 11) is 0. The molecule has 2 atom stereocenters. The van der Waals surface area contributed by atoms with Gasteiger partial charge in [0.05, 0.1) is 0 Å². The predicted molar refractivity (Wildman–Crippen MR) is 65.4 cm³/mol. The van der Waals surface area contributed by atoms with Gasteiger partial charge < -0.3 is 5.32 Å². The van der Waals surface area contributed by atoms with E-state index >= 15 is 0 Å². The second-order valence-electron chi connectivity index (χ2n) is 4.34. The molecule has 5 heteroatoms. The molecular weight excluding hydrogens is 222 g/mol. The van der Waals surface area contributed by atoms with Gasteiger partial charge in [0.2, 0.25) is 0 Å². The van der Waals surface area contributed by atoms with Gasteiger partial charge >= 0.3 is 0 Å². The van der Waals surface area contributed by atoms with Crippen LogP contribution in [-0.4, -0.2) is 27.9 Å². The number of hydrogen-bond donors (Lipinski definition) is 1. The number of hydrogen-bond acceptors (Lipinski definition) is 5. The van der Waals surface area contributed by atoms with Crippen LogP contribution in [0, 0.1) is 6.92 Å². The molecule has 0 amide bonds. The third-order valence-corrected chi connectivity index (χ3v) is 4.45. The third kappa shape index (κ3) is 2.77. The molecule has 0 bridgehead atoms. The number of nitrogens with zero attached hydrogens (tertiary/aromatic N) is 2. The highest BCUT2D eigenvalue weighted by Crippen LogP contribution is 2.27. The summed E-state index contributed by atoms with van der Waals surface area (Å²) in [5, 5.41) is 12.0. The lowest BCUT2D eigenvalue weighted by atomic mass is 9.95. The zero-order chi connectivity index (χ0) is 11.4. The van der Waals surface area contributed by atoms with Gasteiger partial charge in [-0.3, -0.25) is 0 Å². The Morgan fingerprint density at radius 3 is 2.88 bits per heavy atom. The summed E-state index contributed by atoms with van der Waals surface area (Å²) in [6.45, 7) is 2.71. The van der Waals surface area contributed by atoms with Crippen molar-refractivity contribution < 1.29 is 4.63 Å². The lowest BCUT2D eigenvalue weighted by Crippen LogP contribution is -2.40. The lowest BCUT2D eigenvalue weighted by Gasteiger charge is -2.30. The SMILES string of the molecule is CSC1CCCCC1NCc1nonc1C. The Balaban J connectivity index is 1.86. The monoisotopic (exact) mass is 241 g/mol. The molecule has 0 aromatic carbocycles. The van der Waals surface area contributed by atoms with E-state index in [0.717, 1.165) is 23.2 Å². The minimum absolute atomic E-state index is 0.611. The van der Waals surface area contributed by atoms with E-state index < -0.39 is 0 Å². The van der Waals surface area contributed by atoms with Crippen molar-refractivity contribution in [3.8, 4) is 0 Å². The first-order chi connectivity index (χ1) is 7.81. The van der Waals surface area contributed by atoms with E-state index in [4.69, 9.17) is 4.63 Å². The van der Waals surface area contributed by atoms with Gasteiger partial charge in [0.25, 0.3) is 0 Å². The summed E-state index contributed by atoms with van der Waals surface area (Å²) in [6.07, 6.45) is 7.51. The van der Waals surface area contributed by atoms with E-state index in [1.165, 1.54) is 25.7 Å². The van der Waals surface area contributed by atoms with Gasteiger partial charge in [-0.25, -0.2) is 4.63 Å². The topological polar surface area (TPSA) is 51.0 Å². The van der Waals surface area contributed by atoms with E-state index in [0.29, 0.717) is 6.04 Å². The van der Waals surface area contributed by atoms with Crippen LogP contribution < -0.4 is 5.32 Å². The molecule has 1 fully saturated rings. The van der Waals surface area contributed by atoms with Crippen LogP contribution in [0.4, 0.5) is 0 Å². The van der Waals surface area contributed by atoms with Crippen molar-refractivity contribution in [2.45, 2.75) is 50.4 Å². The molecule has 1 heterocycles. The predicted octanol–water partition coefficient (Wildman–Crippen LogP) is 2.14. The first-order valence-electron chi connectivity index (χ1n) is 5.85. The van der Waals surface area contributed by atoms with Crippen LogP contribution in [0.5, 0.6) is 0 Å². The summed E-state index contributed by atoms with van der Waals surface area (Å²) >= 11 is 1.97. The molecular formula is C11H19N3OS. The summed E-state index contributed by atoms with van der Waals surface area (Å²) in [6, 6.07) is 0.611. The lowest BCUT2D eigenvalue weighted by molar-refractivity contribution is 0.298. The molecule has 1 N–H and O–H groups in total. The van der Waals surface area contributed by atoms with Crippen LogP contribution in [0.3, 0.4) is 0 Å². The standard InChI is InChI=1S/C11H19N3OS/c1-8-10(14-15-13-8)7-12-9-5-3-4-6-11(9)16-2/h9,11-12H,3-7H2,1-2H3. The van der Waals surface area contributed by atoms with Gasteiger partial charge in [0, 0.05) is 17.8 Å². The Bertz CT molecular complexity index is 329. The fourth-order valence-corrected chi connectivity index (χ4v) is 3.21. The van der Waals surface area contributed by atoms with Crippen molar-refractivity contribution in [3.05, 3.63) is 11.4 Å². The summed E-state index contributed by atoms with van der Waals surface area (Å²) < 4.78 is 4.69. The molecule has 16 heavy (non-hydrogen) atoms. The van der Waals surface area contributed by atoms with Crippen LogP contribution in [0.2, 0.25) is 0 Å². The van der Waals surface area contributed by atoms with Crippen molar-refractivity contribution in [3.63, 3.8) is 0 Å². The maximum absolute atomic E-state index is 4.69. The number of aryl methyl sites for hydroxylation is 1. The van der Waals surface area contributed by atoms with Gasteiger partial charge in [-0.1, -0.05) is 23.2 Å². The molecule has 4 nitrogen and oxygen atoms in total. The van der Waals surface area contributed by atoms with Crippen LogP contribution in [0.15, 0.2) is 4.63 Å². The molecule has 1 saturated carbocycles. The van der Waals surface area contributed by atoms with Gasteiger partial charge in [-0.15, -0.1) is 0 Å². The van der Waals surface area contributed by atoms with E-state index in [1.807, 2.05) is 18.7 Å². The third-order valence-electron chi connectivity index (χ3n) is 3.28. The van der Waals surface area contributed by atoms with Gasteiger partial charge in [0.1, 0.15) is 11.4 Å². The molecule has 1 aliphatic carbocycles. The average molecular weight is 241 g/mol. The van der Waals surface area contributed by atoms with Gasteiger partial charge in [0.15, 0.2) is 0 Å². The van der Waals surface area contributed by atoms with E-state index in [9.17, 15) is 0 Å². The van der Waals surface area contributed by atoms with Crippen molar-refractivity contribution in [1.29, 1.82) is 0 Å². The zero-order valence-corrected chi connectivity index (χ0v) is 10.7. The van der Waals surface area contributed by atoms with Gasteiger partial charge in [-0.2, -0.15) is 11.8 Å². The molecule has 1 aliphatic rings. The molecule has 0 saturated heterocycles. The molecule has 0 radical (unpaired) electrons. The molecule has 1 aromatic heterocycles. The molecule has 1 aromatic rings. The molecule has 2 unspecified atom stereocenters. The Kier molecular flexibility index (Phi) is 4.23. The molecule has 0 spiro atoms. The Hall–Kier alpha value is -0.550. The second kappa shape index (κ2) is 5.68. The summed E-state index contributed by atoms with van der Waals surface area (Å²) in [5.74, 6) is 0. The van der Waals surface area contributed by atoms with Crippen molar-refractivity contribution in [1.82, 2.24) is 15.6 Å². The molecule has 0 aliphatic heterocycles. The van der Waals surface area contributed by atoms with Crippen molar-refractivity contribution in [2.24, 2.45) is 0 Å². The second-order valence-corrected chi connectivity index (χ2v) is 5.42. The van der Waals surface area contributed by atoms with Crippen LogP contribution in [-0.2, 0) is 6.54 Å². The van der Waals surface area contributed by atoms with Crippen molar-refractivity contribution >= 4 is 11.8 Å². The zero-order valence-electron chi connectivity index (χ0n) is 9.90. The van der Waals surface area contributed by atoms with E-state index in [-0.39, 0.29) is 0 Å². The Morgan fingerprint density at radius 2 is 2.19 bits per heavy atom. The molecule has 2 rings (SSSR count). The highest BCUT2D eigenvalue weighted by atomic mass is 32.2. The Labute approximate surface area is 101 Å². The smallest absolute Gasteiger partial charge is 0.121 e. The van der Waals surface area contributed by atoms with Crippen molar-refractivity contribution in [2.75, 3.05) is 6.26 Å². The number of aromatic nitrogens is 2. The minimum Gasteiger partial charge on any atom is -0.307 e. The fraction of sp³-hybridized carbons (Fsp3) is 0.818. The van der Waals surface area contributed by atoms with E-state index in [1.54, 1.807) is 0 Å². The van der Waals surface area contributed by atoms with Gasteiger partial charge in [-0.05, 0) is 26.0 Å². The van der Waals surface area contributed by atoms with Crippen LogP contribution >= 0.6 is 11.8 Å². The Morgan fingerprint density at radius 1 is 1.38 bits per heavy atom. The number of rotatable bonds is 4. The largest absolute Gasteiger partial charge is 0.307 e. The van der Waals surface area contributed by atoms with E-state index in [2.05, 4.69) is 21.9 Å². The van der Waals surface area contributed by atoms with Crippen LogP contribution in [0.1, 0.15) is 37.1 Å². The normalized spacial score (nSPS) is 25.9. The highest BCUT2D eigenvalue weighted by Gasteiger charge is 2.24. The fourth-order valence-electron chi connectivity index (χ4n) is 2.25. The first kappa shape index (κ1) is 11.9. The summed E-state index contributed by atoms with van der Waals surface area (Å²) in [4.78, 5) is 0. The van der Waals surface area contributed by atoms with Crippen LogP contribution in [0.25, 0.3) is 0 Å². The maximum atomic E-state index is 4.69. The number of nitrogens with one attached hydrogen (secondary N) is 1. The quantitative estimate of drug-likeness (QED) is 0.875. The summed E-state index contributed by atoms with van der Waals surface area (Å²) in [5.41, 5.74) is 1.83. The molecule has 90 valence electrons.